The van der Waals surface area contributed by atoms with Gasteiger partial charge in [0.15, 0.2) is 0 Å². The number of nitrogens with zero attached hydrogens (tertiary/aromatic N) is 4. The molecule has 2 aliphatic carbocycles. The van der Waals surface area contributed by atoms with Gasteiger partial charge in [0.25, 0.3) is 15.9 Å². The molecule has 1 spiro atoms. The molecule has 9 nitrogen and oxygen atoms in total. The Morgan fingerprint density at radius 2 is 1.70 bits per heavy atom. The molecular formula is C36H45N5O4S. The molecule has 1 N–H and O–H groups in total. The topological polar surface area (TPSA) is 105 Å². The molecule has 2 saturated carbocycles. The van der Waals surface area contributed by atoms with Crippen molar-refractivity contribution in [3.63, 3.8) is 0 Å². The third-order valence-corrected chi connectivity index (χ3v) is 11.9. The van der Waals surface area contributed by atoms with Gasteiger partial charge in [-0.1, -0.05) is 51.0 Å². The minimum Gasteiger partial charge on any atom is -0.471 e. The second-order valence-electron chi connectivity index (χ2n) is 14.5. The fourth-order valence-corrected chi connectivity index (χ4v) is 9.47. The number of hydrogen-bond acceptors (Lipinski definition) is 7. The van der Waals surface area contributed by atoms with E-state index in [1.165, 1.54) is 50.7 Å². The minimum atomic E-state index is -4.09. The Bertz CT molecular complexity index is 1720. The van der Waals surface area contributed by atoms with Crippen LogP contribution in [0.4, 0.5) is 5.95 Å². The van der Waals surface area contributed by atoms with Gasteiger partial charge in [-0.25, -0.2) is 18.1 Å². The van der Waals surface area contributed by atoms with E-state index in [0.717, 1.165) is 23.1 Å². The number of ether oxygens (including phenoxy) is 1. The first-order valence-electron chi connectivity index (χ1n) is 16.8. The molecule has 3 aromatic rings. The van der Waals surface area contributed by atoms with Crippen LogP contribution >= 0.6 is 0 Å². The second kappa shape index (κ2) is 11.9. The van der Waals surface area contributed by atoms with E-state index in [9.17, 15) is 13.2 Å². The van der Waals surface area contributed by atoms with Crippen LogP contribution in [0.1, 0.15) is 80.3 Å². The van der Waals surface area contributed by atoms with Crippen LogP contribution in [0.3, 0.4) is 0 Å². The van der Waals surface area contributed by atoms with Crippen molar-refractivity contribution in [3.05, 3.63) is 65.2 Å². The van der Waals surface area contributed by atoms with Crippen LogP contribution < -0.4 is 9.46 Å². The van der Waals surface area contributed by atoms with Crippen molar-refractivity contribution in [1.29, 1.82) is 0 Å². The Labute approximate surface area is 272 Å². The molecule has 2 aliphatic heterocycles. The maximum Gasteiger partial charge on any atom is 0.264 e. The molecule has 3 fully saturated rings. The van der Waals surface area contributed by atoms with Crippen LogP contribution in [0.15, 0.2) is 53.4 Å². The number of benzene rings is 2. The van der Waals surface area contributed by atoms with Gasteiger partial charge in [-0.3, -0.25) is 9.69 Å². The van der Waals surface area contributed by atoms with E-state index in [1.54, 1.807) is 18.2 Å². The Hall–Kier alpha value is -3.50. The first-order chi connectivity index (χ1) is 22.0. The van der Waals surface area contributed by atoms with E-state index in [0.29, 0.717) is 48.3 Å². The summed E-state index contributed by atoms with van der Waals surface area (Å²) in [6, 6.07) is 14.7. The van der Waals surface area contributed by atoms with Gasteiger partial charge < -0.3 is 9.64 Å². The molecule has 244 valence electrons. The summed E-state index contributed by atoms with van der Waals surface area (Å²) in [5.41, 5.74) is 4.36. The van der Waals surface area contributed by atoms with E-state index in [2.05, 4.69) is 33.4 Å². The number of carbonyl (C=O) groups is 1. The van der Waals surface area contributed by atoms with E-state index in [-0.39, 0.29) is 34.8 Å². The highest BCUT2D eigenvalue weighted by Crippen LogP contribution is 2.55. The molecular weight excluding hydrogens is 598 g/mol. The van der Waals surface area contributed by atoms with Gasteiger partial charge in [0.2, 0.25) is 11.8 Å². The normalized spacial score (nSPS) is 24.3. The standard InChI is InChI=1S/C36H45N5O4S/c1-23(2)15-27-20-40-21-29(22-41(27)28-18-36(19-28)13-5-6-14-36)45-32-17-31(33-24(3)9-7-10-25(33)4)37-35(38-32)39-46(43,44)30-12-8-11-26(16-30)34(40)42/h7-12,16-17,23,27-29H,5-6,13-15,18-22H2,1-4H3,(H,37,38,39)/t27-,29-/m0/s1. The number of amides is 1. The summed E-state index contributed by atoms with van der Waals surface area (Å²) >= 11 is 0. The molecule has 0 radical (unpaired) electrons. The highest BCUT2D eigenvalue weighted by molar-refractivity contribution is 7.92. The van der Waals surface area contributed by atoms with Crippen molar-refractivity contribution < 1.29 is 17.9 Å². The van der Waals surface area contributed by atoms with Crippen LogP contribution in [0.2, 0.25) is 0 Å². The van der Waals surface area contributed by atoms with Gasteiger partial charge in [-0.2, -0.15) is 4.98 Å². The number of aromatic nitrogens is 2. The number of fused-ring (bicyclic) bond motifs is 6. The van der Waals surface area contributed by atoms with E-state index in [4.69, 9.17) is 4.74 Å². The van der Waals surface area contributed by atoms with Crippen molar-refractivity contribution in [1.82, 2.24) is 19.8 Å². The summed E-state index contributed by atoms with van der Waals surface area (Å²) in [5.74, 6) is 0.498. The predicted octanol–water partition coefficient (Wildman–Crippen LogP) is 6.22. The number of aryl methyl sites for hydroxylation is 2. The Morgan fingerprint density at radius 3 is 2.41 bits per heavy atom. The van der Waals surface area contributed by atoms with E-state index < -0.39 is 10.0 Å². The number of rotatable bonds is 4. The highest BCUT2D eigenvalue weighted by Gasteiger charge is 2.50. The van der Waals surface area contributed by atoms with Gasteiger partial charge in [-0.05, 0) is 86.6 Å². The smallest absolute Gasteiger partial charge is 0.264 e. The van der Waals surface area contributed by atoms with Crippen LogP contribution in [0, 0.1) is 25.2 Å². The maximum absolute atomic E-state index is 14.2. The number of carbonyl (C=O) groups excluding carboxylic acids is 1. The van der Waals surface area contributed by atoms with Crippen LogP contribution in [0.25, 0.3) is 11.3 Å². The first-order valence-corrected chi connectivity index (χ1v) is 18.3. The second-order valence-corrected chi connectivity index (χ2v) is 16.2. The lowest BCUT2D eigenvalue weighted by Crippen LogP contribution is -2.56. The van der Waals surface area contributed by atoms with Crippen molar-refractivity contribution in [2.75, 3.05) is 24.4 Å². The van der Waals surface area contributed by atoms with Crippen molar-refractivity contribution >= 4 is 21.9 Å². The van der Waals surface area contributed by atoms with Gasteiger partial charge in [-0.15, -0.1) is 0 Å². The Kier molecular flexibility index (Phi) is 8.08. The van der Waals surface area contributed by atoms with E-state index >= 15 is 0 Å². The molecule has 3 heterocycles. The van der Waals surface area contributed by atoms with Crippen LogP contribution in [-0.4, -0.2) is 71.9 Å². The fourth-order valence-electron chi connectivity index (χ4n) is 8.48. The van der Waals surface area contributed by atoms with Crippen molar-refractivity contribution in [3.8, 4) is 17.1 Å². The molecule has 2 atom stereocenters. The van der Waals surface area contributed by atoms with Gasteiger partial charge in [0, 0.05) is 42.4 Å². The van der Waals surface area contributed by atoms with Gasteiger partial charge >= 0.3 is 0 Å². The Morgan fingerprint density at radius 1 is 0.978 bits per heavy atom. The predicted molar refractivity (Wildman–Crippen MR) is 178 cm³/mol. The molecule has 7 rings (SSSR count). The van der Waals surface area contributed by atoms with Gasteiger partial charge in [0.1, 0.15) is 6.10 Å². The summed E-state index contributed by atoms with van der Waals surface area (Å²) in [4.78, 5) is 28.0. The zero-order chi connectivity index (χ0) is 32.2. The van der Waals surface area contributed by atoms with Crippen LogP contribution in [0.5, 0.6) is 5.88 Å². The first kappa shape index (κ1) is 31.1. The SMILES string of the molecule is Cc1cccc(C)c1-c1cc2nc(n1)NS(=O)(=O)c1cccc(c1)C(=O)N1C[C@@H](CN(C3CC4(CCCC4)C3)[C@@H](CC(C)C)C1)O2. The zero-order valence-corrected chi connectivity index (χ0v) is 28.1. The summed E-state index contributed by atoms with van der Waals surface area (Å²) in [6.07, 6.45) is 8.33. The lowest BCUT2D eigenvalue weighted by Gasteiger charge is -2.52. The highest BCUT2D eigenvalue weighted by atomic mass is 32.2. The lowest BCUT2D eigenvalue weighted by molar-refractivity contribution is -0.0312. The molecule has 1 aromatic heterocycles. The molecule has 4 aliphatic rings. The van der Waals surface area contributed by atoms with Gasteiger partial charge in [0.05, 0.1) is 17.1 Å². The molecule has 0 unspecified atom stereocenters. The fraction of sp³-hybridized carbons (Fsp3) is 0.528. The molecule has 2 aromatic carbocycles. The summed E-state index contributed by atoms with van der Waals surface area (Å²) in [6.45, 7) is 10.1. The maximum atomic E-state index is 14.2. The number of hydrogen-bond donors (Lipinski definition) is 1. The van der Waals surface area contributed by atoms with Crippen molar-refractivity contribution in [2.24, 2.45) is 11.3 Å². The minimum absolute atomic E-state index is 0.0100. The summed E-state index contributed by atoms with van der Waals surface area (Å²) in [5, 5.41) is 0. The summed E-state index contributed by atoms with van der Waals surface area (Å²) in [7, 11) is -4.09. The molecule has 1 amide bonds. The van der Waals surface area contributed by atoms with Crippen LogP contribution in [-0.2, 0) is 10.0 Å². The van der Waals surface area contributed by atoms with E-state index in [1.807, 2.05) is 36.9 Å². The quantitative estimate of drug-likeness (QED) is 0.360. The lowest BCUT2D eigenvalue weighted by atomic mass is 9.63. The number of anilines is 1. The average molecular weight is 644 g/mol. The molecule has 10 heteroatoms. The monoisotopic (exact) mass is 643 g/mol. The molecule has 6 bridgehead atoms. The molecule has 1 saturated heterocycles. The third kappa shape index (κ3) is 6.01. The third-order valence-electron chi connectivity index (χ3n) is 10.6. The molecule has 46 heavy (non-hydrogen) atoms. The largest absolute Gasteiger partial charge is 0.471 e. The average Bonchev–Trinajstić information content (AvgIpc) is 3.41. The zero-order valence-electron chi connectivity index (χ0n) is 27.3. The Balaban J connectivity index is 1.33. The summed E-state index contributed by atoms with van der Waals surface area (Å²) < 4.78 is 36.5. The number of sulfonamides is 1. The number of nitrogens with one attached hydrogen (secondary N) is 1. The van der Waals surface area contributed by atoms with Crippen molar-refractivity contribution in [2.45, 2.75) is 95.7 Å².